The minimum absolute atomic E-state index is 0.648. The lowest BCUT2D eigenvalue weighted by Crippen LogP contribution is -2.48. The van der Waals surface area contributed by atoms with E-state index in [0.29, 0.717) is 4.99 Å². The van der Waals surface area contributed by atoms with E-state index >= 15 is 0 Å². The standard InChI is InChI=1S/C12H26N4S/c1-14(2)6-7-16-10-8-15(9-11-16)5-3-4-12(13)17/h3-11H2,1-2H3,(H2,13,17). The van der Waals surface area contributed by atoms with Crippen LogP contribution in [-0.2, 0) is 0 Å². The highest BCUT2D eigenvalue weighted by molar-refractivity contribution is 7.80. The number of thiocarbonyl (C=S) groups is 1. The molecule has 2 N–H and O–H groups in total. The van der Waals surface area contributed by atoms with Gasteiger partial charge in [-0.25, -0.2) is 0 Å². The maximum Gasteiger partial charge on any atom is 0.0727 e. The Hall–Kier alpha value is -0.230. The van der Waals surface area contributed by atoms with Crippen LogP contribution in [0.3, 0.4) is 0 Å². The van der Waals surface area contributed by atoms with Crippen molar-refractivity contribution in [1.29, 1.82) is 0 Å². The van der Waals surface area contributed by atoms with Crippen LogP contribution in [0.2, 0.25) is 0 Å². The Bertz CT molecular complexity index is 225. The first kappa shape index (κ1) is 14.8. The van der Waals surface area contributed by atoms with Gasteiger partial charge in [-0.1, -0.05) is 12.2 Å². The minimum Gasteiger partial charge on any atom is -0.393 e. The van der Waals surface area contributed by atoms with Gasteiger partial charge in [-0.15, -0.1) is 0 Å². The maximum absolute atomic E-state index is 5.50. The van der Waals surface area contributed by atoms with E-state index in [9.17, 15) is 0 Å². The Morgan fingerprint density at radius 1 is 1.12 bits per heavy atom. The molecule has 0 unspecified atom stereocenters. The summed E-state index contributed by atoms with van der Waals surface area (Å²) >= 11 is 4.89. The van der Waals surface area contributed by atoms with E-state index in [1.54, 1.807) is 0 Å². The lowest BCUT2D eigenvalue weighted by molar-refractivity contribution is 0.125. The van der Waals surface area contributed by atoms with Gasteiger partial charge in [-0.3, -0.25) is 4.90 Å². The molecule has 0 aromatic rings. The third kappa shape index (κ3) is 6.93. The average Bonchev–Trinajstić information content (AvgIpc) is 2.27. The first-order valence-corrected chi connectivity index (χ1v) is 6.86. The van der Waals surface area contributed by atoms with Gasteiger partial charge in [0, 0.05) is 39.3 Å². The van der Waals surface area contributed by atoms with E-state index in [1.807, 2.05) is 0 Å². The largest absolute Gasteiger partial charge is 0.393 e. The Morgan fingerprint density at radius 2 is 1.65 bits per heavy atom. The summed E-state index contributed by atoms with van der Waals surface area (Å²) in [6, 6.07) is 0. The molecule has 1 heterocycles. The SMILES string of the molecule is CN(C)CCN1CCN(CCCC(N)=S)CC1. The van der Waals surface area contributed by atoms with E-state index < -0.39 is 0 Å². The van der Waals surface area contributed by atoms with Crippen molar-refractivity contribution in [2.75, 3.05) is 59.9 Å². The van der Waals surface area contributed by atoms with Gasteiger partial charge in [0.15, 0.2) is 0 Å². The number of hydrogen-bond acceptors (Lipinski definition) is 4. The van der Waals surface area contributed by atoms with Crippen molar-refractivity contribution in [2.24, 2.45) is 5.73 Å². The quantitative estimate of drug-likeness (QED) is 0.662. The van der Waals surface area contributed by atoms with Crippen molar-refractivity contribution in [3.05, 3.63) is 0 Å². The van der Waals surface area contributed by atoms with Crippen molar-refractivity contribution < 1.29 is 0 Å². The Labute approximate surface area is 111 Å². The zero-order valence-corrected chi connectivity index (χ0v) is 12.0. The van der Waals surface area contributed by atoms with Crippen LogP contribution in [0.1, 0.15) is 12.8 Å². The van der Waals surface area contributed by atoms with Gasteiger partial charge < -0.3 is 15.5 Å². The zero-order valence-electron chi connectivity index (χ0n) is 11.2. The molecule has 0 amide bonds. The summed E-state index contributed by atoms with van der Waals surface area (Å²) in [6.07, 6.45) is 1.99. The molecule has 0 spiro atoms. The number of likely N-dealkylation sites (N-methyl/N-ethyl adjacent to an activating group) is 1. The predicted octanol–water partition coefficient (Wildman–Crippen LogP) is 0.232. The molecule has 4 nitrogen and oxygen atoms in total. The summed E-state index contributed by atoms with van der Waals surface area (Å²) in [6.45, 7) is 8.24. The van der Waals surface area contributed by atoms with Gasteiger partial charge in [-0.05, 0) is 33.5 Å². The number of nitrogens with two attached hydrogens (primary N) is 1. The molecule has 0 aromatic carbocycles. The molecule has 1 fully saturated rings. The number of piperazine rings is 1. The molecule has 1 aliphatic rings. The average molecular weight is 258 g/mol. The zero-order chi connectivity index (χ0) is 12.7. The molecule has 0 aliphatic carbocycles. The van der Waals surface area contributed by atoms with Crippen LogP contribution in [-0.4, -0.2) is 79.6 Å². The molecular weight excluding hydrogens is 232 g/mol. The van der Waals surface area contributed by atoms with Gasteiger partial charge >= 0.3 is 0 Å². The first-order chi connectivity index (χ1) is 8.08. The number of hydrogen-bond donors (Lipinski definition) is 1. The second kappa shape index (κ2) is 7.97. The fourth-order valence-electron chi connectivity index (χ4n) is 2.05. The fourth-order valence-corrected chi connectivity index (χ4v) is 2.20. The lowest BCUT2D eigenvalue weighted by Gasteiger charge is -2.35. The highest BCUT2D eigenvalue weighted by atomic mass is 32.1. The monoisotopic (exact) mass is 258 g/mol. The van der Waals surface area contributed by atoms with Gasteiger partial charge in [-0.2, -0.15) is 0 Å². The van der Waals surface area contributed by atoms with Crippen LogP contribution < -0.4 is 5.73 Å². The van der Waals surface area contributed by atoms with E-state index in [1.165, 1.54) is 32.7 Å². The Balaban J connectivity index is 2.07. The lowest BCUT2D eigenvalue weighted by atomic mass is 10.2. The minimum atomic E-state index is 0.648. The first-order valence-electron chi connectivity index (χ1n) is 6.45. The van der Waals surface area contributed by atoms with Gasteiger partial charge in [0.2, 0.25) is 0 Å². The second-order valence-electron chi connectivity index (χ2n) is 5.06. The van der Waals surface area contributed by atoms with Crippen LogP contribution >= 0.6 is 12.2 Å². The highest BCUT2D eigenvalue weighted by Crippen LogP contribution is 2.03. The van der Waals surface area contributed by atoms with Crippen molar-refractivity contribution in [2.45, 2.75) is 12.8 Å². The number of rotatable bonds is 7. The summed E-state index contributed by atoms with van der Waals surface area (Å²) in [4.78, 5) is 7.96. The molecule has 0 atom stereocenters. The maximum atomic E-state index is 5.50. The molecule has 1 saturated heterocycles. The van der Waals surface area contributed by atoms with Crippen LogP contribution in [0.5, 0.6) is 0 Å². The molecule has 0 radical (unpaired) electrons. The molecule has 100 valence electrons. The third-order valence-electron chi connectivity index (χ3n) is 3.23. The van der Waals surface area contributed by atoms with E-state index in [4.69, 9.17) is 18.0 Å². The van der Waals surface area contributed by atoms with E-state index in [0.717, 1.165) is 25.9 Å². The summed E-state index contributed by atoms with van der Waals surface area (Å²) in [5, 5.41) is 0. The number of nitrogens with zero attached hydrogens (tertiary/aromatic N) is 3. The van der Waals surface area contributed by atoms with Crippen LogP contribution in [0.15, 0.2) is 0 Å². The topological polar surface area (TPSA) is 35.7 Å². The van der Waals surface area contributed by atoms with Crippen molar-refractivity contribution in [3.8, 4) is 0 Å². The van der Waals surface area contributed by atoms with Gasteiger partial charge in [0.1, 0.15) is 0 Å². The molecule has 1 aliphatic heterocycles. The summed E-state index contributed by atoms with van der Waals surface area (Å²) in [5.74, 6) is 0. The highest BCUT2D eigenvalue weighted by Gasteiger charge is 2.15. The Morgan fingerprint density at radius 3 is 2.12 bits per heavy atom. The summed E-state index contributed by atoms with van der Waals surface area (Å²) < 4.78 is 0. The molecular formula is C12H26N4S. The summed E-state index contributed by atoms with van der Waals surface area (Å²) in [7, 11) is 4.26. The molecule has 0 bridgehead atoms. The van der Waals surface area contributed by atoms with Gasteiger partial charge in [0.25, 0.3) is 0 Å². The molecule has 0 saturated carbocycles. The van der Waals surface area contributed by atoms with Crippen LogP contribution in [0.25, 0.3) is 0 Å². The van der Waals surface area contributed by atoms with E-state index in [-0.39, 0.29) is 0 Å². The van der Waals surface area contributed by atoms with Crippen LogP contribution in [0, 0.1) is 0 Å². The molecule has 5 heteroatoms. The van der Waals surface area contributed by atoms with Crippen molar-refractivity contribution in [1.82, 2.24) is 14.7 Å². The summed E-state index contributed by atoms with van der Waals surface area (Å²) in [5.41, 5.74) is 5.50. The Kier molecular flexibility index (Phi) is 6.96. The van der Waals surface area contributed by atoms with E-state index in [2.05, 4.69) is 28.8 Å². The third-order valence-corrected chi connectivity index (χ3v) is 3.43. The predicted molar refractivity (Wildman–Crippen MR) is 77.5 cm³/mol. The smallest absolute Gasteiger partial charge is 0.0727 e. The van der Waals surface area contributed by atoms with Crippen LogP contribution in [0.4, 0.5) is 0 Å². The van der Waals surface area contributed by atoms with Gasteiger partial charge in [0.05, 0.1) is 4.99 Å². The van der Waals surface area contributed by atoms with Crippen molar-refractivity contribution in [3.63, 3.8) is 0 Å². The molecule has 0 aromatic heterocycles. The van der Waals surface area contributed by atoms with Crippen molar-refractivity contribution >= 4 is 17.2 Å². The normalized spacial score (nSPS) is 18.8. The fraction of sp³-hybridized carbons (Fsp3) is 0.917. The second-order valence-corrected chi connectivity index (χ2v) is 5.58. The molecule has 17 heavy (non-hydrogen) atoms. The molecule has 1 rings (SSSR count).